The Hall–Kier alpha value is -2.95. The van der Waals surface area contributed by atoms with Crippen LogP contribution in [-0.2, 0) is 0 Å². The summed E-state index contributed by atoms with van der Waals surface area (Å²) < 4.78 is 11.1. The van der Waals surface area contributed by atoms with E-state index in [4.69, 9.17) is 37.8 Å². The summed E-state index contributed by atoms with van der Waals surface area (Å²) in [6.45, 7) is 0. The van der Waals surface area contributed by atoms with E-state index in [0.717, 1.165) is 34.0 Å². The molecule has 0 amide bonds. The van der Waals surface area contributed by atoms with Crippen molar-refractivity contribution in [2.24, 2.45) is 5.10 Å². The fourth-order valence-electron chi connectivity index (χ4n) is 3.67. The Bertz CT molecular complexity index is 1140. The molecule has 0 saturated heterocycles. The third-order valence-corrected chi connectivity index (χ3v) is 5.93. The van der Waals surface area contributed by atoms with Crippen molar-refractivity contribution in [3.8, 4) is 11.5 Å². The molecule has 0 aliphatic carbocycles. The number of hydrazone groups is 1. The molecule has 1 unspecified atom stereocenters. The number of benzene rings is 3. The molecule has 3 aromatic carbocycles. The molecule has 31 heavy (non-hydrogen) atoms. The molecule has 0 N–H and O–H groups in total. The summed E-state index contributed by atoms with van der Waals surface area (Å²) in [6.07, 6.45) is 4.76. The largest absolute Gasteiger partial charge is 0.496 e. The van der Waals surface area contributed by atoms with Crippen LogP contribution in [0.3, 0.4) is 0 Å². The molecule has 1 atom stereocenters. The fourth-order valence-corrected chi connectivity index (χ4v) is 3.97. The highest BCUT2D eigenvalue weighted by atomic mass is 35.5. The highest BCUT2D eigenvalue weighted by Crippen LogP contribution is 2.40. The van der Waals surface area contributed by atoms with Gasteiger partial charge in [-0.1, -0.05) is 59.6 Å². The Balaban J connectivity index is 1.72. The Labute approximate surface area is 192 Å². The van der Waals surface area contributed by atoms with Gasteiger partial charge in [-0.25, -0.2) is 0 Å². The van der Waals surface area contributed by atoms with Gasteiger partial charge >= 0.3 is 0 Å². The predicted molar refractivity (Wildman–Crippen MR) is 129 cm³/mol. The summed E-state index contributed by atoms with van der Waals surface area (Å²) in [4.78, 5) is 0. The van der Waals surface area contributed by atoms with Crippen LogP contribution in [0.15, 0.2) is 77.9 Å². The van der Waals surface area contributed by atoms with Gasteiger partial charge < -0.3 is 9.47 Å². The Morgan fingerprint density at radius 3 is 2.32 bits per heavy atom. The smallest absolute Gasteiger partial charge is 0.126 e. The number of allylic oxidation sites excluding steroid dienone is 1. The zero-order valence-corrected chi connectivity index (χ0v) is 18.8. The zero-order chi connectivity index (χ0) is 21.8. The van der Waals surface area contributed by atoms with E-state index in [1.54, 1.807) is 20.3 Å². The first kappa shape index (κ1) is 21.3. The number of methoxy groups -OCH3 is 2. The van der Waals surface area contributed by atoms with E-state index >= 15 is 0 Å². The molecule has 158 valence electrons. The van der Waals surface area contributed by atoms with Crippen molar-refractivity contribution in [3.05, 3.63) is 94.0 Å². The number of nitrogens with zero attached hydrogens (tertiary/aromatic N) is 2. The zero-order valence-electron chi connectivity index (χ0n) is 17.3. The van der Waals surface area contributed by atoms with Gasteiger partial charge in [0, 0.05) is 17.5 Å². The number of para-hydroxylation sites is 2. The van der Waals surface area contributed by atoms with Gasteiger partial charge in [0.25, 0.3) is 0 Å². The molecule has 6 heteroatoms. The maximum atomic E-state index is 6.30. The summed E-state index contributed by atoms with van der Waals surface area (Å²) in [7, 11) is 3.35. The molecule has 1 aliphatic heterocycles. The van der Waals surface area contributed by atoms with Crippen molar-refractivity contribution in [1.82, 2.24) is 0 Å². The van der Waals surface area contributed by atoms with Gasteiger partial charge in [0.2, 0.25) is 0 Å². The average Bonchev–Trinajstić information content (AvgIpc) is 3.23. The van der Waals surface area contributed by atoms with Crippen LogP contribution in [0.1, 0.15) is 23.6 Å². The van der Waals surface area contributed by atoms with Crippen LogP contribution in [0.4, 0.5) is 5.69 Å². The Morgan fingerprint density at radius 1 is 0.871 bits per heavy atom. The normalized spacial score (nSPS) is 15.9. The molecule has 0 bridgehead atoms. The van der Waals surface area contributed by atoms with Crippen molar-refractivity contribution < 1.29 is 9.47 Å². The van der Waals surface area contributed by atoms with E-state index < -0.39 is 0 Å². The molecule has 0 saturated carbocycles. The van der Waals surface area contributed by atoms with Crippen LogP contribution in [0.25, 0.3) is 6.08 Å². The SMILES string of the molecule is COc1ccccc1/C=C/C1=NN(c2ccc(Cl)c(Cl)c2)C(c2ccccc2OC)C1. The number of halogens is 2. The first-order valence-corrected chi connectivity index (χ1v) is 10.6. The van der Waals surface area contributed by atoms with Crippen molar-refractivity contribution in [3.63, 3.8) is 0 Å². The van der Waals surface area contributed by atoms with E-state index in [2.05, 4.69) is 6.07 Å². The number of hydrogen-bond acceptors (Lipinski definition) is 4. The highest BCUT2D eigenvalue weighted by Gasteiger charge is 2.30. The van der Waals surface area contributed by atoms with E-state index in [9.17, 15) is 0 Å². The minimum Gasteiger partial charge on any atom is -0.496 e. The maximum absolute atomic E-state index is 6.30. The minimum absolute atomic E-state index is 0.0364. The van der Waals surface area contributed by atoms with Crippen LogP contribution < -0.4 is 14.5 Å². The molecular weight excluding hydrogens is 431 g/mol. The number of anilines is 1. The number of ether oxygens (including phenoxy) is 2. The highest BCUT2D eigenvalue weighted by molar-refractivity contribution is 6.42. The van der Waals surface area contributed by atoms with Crippen molar-refractivity contribution in [2.75, 3.05) is 19.2 Å². The van der Waals surface area contributed by atoms with Crippen LogP contribution >= 0.6 is 23.2 Å². The molecule has 0 aromatic heterocycles. The molecule has 4 rings (SSSR count). The van der Waals surface area contributed by atoms with Gasteiger partial charge in [-0.15, -0.1) is 0 Å². The lowest BCUT2D eigenvalue weighted by Gasteiger charge is -2.25. The first-order chi connectivity index (χ1) is 15.1. The third-order valence-electron chi connectivity index (χ3n) is 5.19. The molecule has 1 aliphatic rings. The predicted octanol–water partition coefficient (Wildman–Crippen LogP) is 7.03. The quantitative estimate of drug-likeness (QED) is 0.402. The van der Waals surface area contributed by atoms with Gasteiger partial charge in [0.1, 0.15) is 11.5 Å². The molecule has 3 aromatic rings. The summed E-state index contributed by atoms with van der Waals surface area (Å²) in [5.74, 6) is 1.64. The summed E-state index contributed by atoms with van der Waals surface area (Å²) in [5, 5.41) is 7.88. The molecule has 0 spiro atoms. The van der Waals surface area contributed by atoms with Gasteiger partial charge in [-0.05, 0) is 42.5 Å². The monoisotopic (exact) mass is 452 g/mol. The lowest BCUT2D eigenvalue weighted by molar-refractivity contribution is 0.405. The number of hydrogen-bond donors (Lipinski definition) is 0. The van der Waals surface area contributed by atoms with E-state index in [-0.39, 0.29) is 6.04 Å². The molecule has 0 radical (unpaired) electrons. The Kier molecular flexibility index (Phi) is 6.50. The molecule has 0 fully saturated rings. The maximum Gasteiger partial charge on any atom is 0.126 e. The summed E-state index contributed by atoms with van der Waals surface area (Å²) in [6, 6.07) is 21.4. The summed E-state index contributed by atoms with van der Waals surface area (Å²) in [5.41, 5.74) is 3.86. The van der Waals surface area contributed by atoms with Crippen molar-refractivity contribution in [1.29, 1.82) is 0 Å². The second-order valence-corrected chi connectivity index (χ2v) is 7.89. The molecule has 1 heterocycles. The van der Waals surface area contributed by atoms with Gasteiger partial charge in [0.05, 0.1) is 41.7 Å². The lowest BCUT2D eigenvalue weighted by Crippen LogP contribution is -2.19. The fraction of sp³-hybridized carbons (Fsp3) is 0.160. The summed E-state index contributed by atoms with van der Waals surface area (Å²) >= 11 is 12.4. The van der Waals surface area contributed by atoms with Crippen LogP contribution in [0.2, 0.25) is 10.0 Å². The first-order valence-electron chi connectivity index (χ1n) is 9.86. The minimum atomic E-state index is -0.0364. The third kappa shape index (κ3) is 4.55. The standard InChI is InChI=1S/C25H22Cl2N2O2/c1-30-24-9-5-3-7-17(24)11-12-18-15-23(20-8-4-6-10-25(20)31-2)29(28-18)19-13-14-21(26)22(27)16-19/h3-14,16,23H,15H2,1-2H3/b12-11+. The van der Waals surface area contributed by atoms with E-state index in [1.807, 2.05) is 71.8 Å². The lowest BCUT2D eigenvalue weighted by atomic mass is 9.99. The van der Waals surface area contributed by atoms with Crippen LogP contribution in [0.5, 0.6) is 11.5 Å². The topological polar surface area (TPSA) is 34.1 Å². The van der Waals surface area contributed by atoms with Crippen molar-refractivity contribution in [2.45, 2.75) is 12.5 Å². The second-order valence-electron chi connectivity index (χ2n) is 7.07. The molecule has 4 nitrogen and oxygen atoms in total. The second kappa shape index (κ2) is 9.46. The van der Waals surface area contributed by atoms with E-state index in [0.29, 0.717) is 16.5 Å². The van der Waals surface area contributed by atoms with Crippen LogP contribution in [-0.4, -0.2) is 19.9 Å². The van der Waals surface area contributed by atoms with Gasteiger partial charge in [0.15, 0.2) is 0 Å². The Morgan fingerprint density at radius 2 is 1.58 bits per heavy atom. The molecular formula is C25H22Cl2N2O2. The van der Waals surface area contributed by atoms with E-state index in [1.165, 1.54) is 0 Å². The van der Waals surface area contributed by atoms with Gasteiger partial charge in [-0.3, -0.25) is 5.01 Å². The average molecular weight is 453 g/mol. The van der Waals surface area contributed by atoms with Gasteiger partial charge in [-0.2, -0.15) is 5.10 Å². The van der Waals surface area contributed by atoms with Crippen molar-refractivity contribution >= 4 is 40.7 Å². The van der Waals surface area contributed by atoms with Crippen LogP contribution in [0, 0.1) is 0 Å². The number of rotatable bonds is 6.